The molecule has 1 saturated heterocycles. The average molecular weight is 335 g/mol. The molecular weight excluding hydrogens is 321 g/mol. The van der Waals surface area contributed by atoms with E-state index in [1.807, 2.05) is 24.3 Å². The predicted molar refractivity (Wildman–Crippen MR) is 87.4 cm³/mol. The molecule has 5 heteroatoms. The van der Waals surface area contributed by atoms with Gasteiger partial charge in [0.15, 0.2) is 0 Å². The van der Waals surface area contributed by atoms with Crippen molar-refractivity contribution in [1.82, 2.24) is 0 Å². The number of Topliss-reactive ketones (excluding diaryl/α,β-unsaturated/α-hetero) is 1. The van der Waals surface area contributed by atoms with E-state index in [0.717, 1.165) is 16.0 Å². The molecule has 2 amide bonds. The number of ketones is 1. The van der Waals surface area contributed by atoms with Crippen molar-refractivity contribution in [2.75, 3.05) is 4.90 Å². The van der Waals surface area contributed by atoms with Crippen LogP contribution in [0.1, 0.15) is 29.4 Å². The minimum Gasteiger partial charge on any atom is -0.299 e. The average Bonchev–Trinajstić information content (AvgIpc) is 2.88. The summed E-state index contributed by atoms with van der Waals surface area (Å²) in [4.78, 5) is 39.8. The van der Waals surface area contributed by atoms with E-state index in [0.29, 0.717) is 12.1 Å². The molecule has 4 aliphatic rings. The fourth-order valence-electron chi connectivity index (χ4n) is 4.80. The summed E-state index contributed by atoms with van der Waals surface area (Å²) >= 11 is 0. The van der Waals surface area contributed by atoms with Crippen molar-refractivity contribution in [2.45, 2.75) is 18.3 Å². The molecular formula is C20H14FNO3. The molecule has 2 fully saturated rings. The molecule has 2 aromatic rings. The molecule has 0 aromatic heterocycles. The molecule has 124 valence electrons. The maximum absolute atomic E-state index is 13.2. The van der Waals surface area contributed by atoms with Gasteiger partial charge in [-0.2, -0.15) is 0 Å². The van der Waals surface area contributed by atoms with E-state index in [9.17, 15) is 18.8 Å². The Labute approximate surface area is 143 Å². The summed E-state index contributed by atoms with van der Waals surface area (Å²) < 4.78 is 13.2. The van der Waals surface area contributed by atoms with Gasteiger partial charge >= 0.3 is 0 Å². The number of anilines is 1. The highest BCUT2D eigenvalue weighted by Gasteiger charge is 2.62. The zero-order valence-electron chi connectivity index (χ0n) is 13.2. The minimum atomic E-state index is -0.640. The van der Waals surface area contributed by atoms with Gasteiger partial charge in [0.1, 0.15) is 11.6 Å². The monoisotopic (exact) mass is 335 g/mol. The van der Waals surface area contributed by atoms with E-state index in [1.54, 1.807) is 0 Å². The smallest absolute Gasteiger partial charge is 0.238 e. The van der Waals surface area contributed by atoms with Crippen LogP contribution in [-0.2, 0) is 14.4 Å². The Kier molecular flexibility index (Phi) is 2.82. The van der Waals surface area contributed by atoms with Crippen molar-refractivity contribution in [3.05, 3.63) is 65.5 Å². The molecule has 0 N–H and O–H groups in total. The highest BCUT2D eigenvalue weighted by Crippen LogP contribution is 2.57. The quantitative estimate of drug-likeness (QED) is 0.753. The third-order valence-electron chi connectivity index (χ3n) is 5.77. The third kappa shape index (κ3) is 1.78. The topological polar surface area (TPSA) is 54.5 Å². The first-order valence-corrected chi connectivity index (χ1v) is 8.33. The van der Waals surface area contributed by atoms with Gasteiger partial charge < -0.3 is 0 Å². The first-order chi connectivity index (χ1) is 12.1. The number of halogens is 1. The lowest BCUT2D eigenvalue weighted by Gasteiger charge is -2.43. The van der Waals surface area contributed by atoms with Crippen LogP contribution in [0.4, 0.5) is 10.1 Å². The van der Waals surface area contributed by atoms with Crippen molar-refractivity contribution in [2.24, 2.45) is 11.8 Å². The van der Waals surface area contributed by atoms with Crippen molar-refractivity contribution < 1.29 is 18.8 Å². The first kappa shape index (κ1) is 14.5. The Bertz CT molecular complexity index is 936. The summed E-state index contributed by atoms with van der Waals surface area (Å²) in [6.07, 6.45) is 0.305. The number of carbonyl (C=O) groups is 3. The molecule has 4 atom stereocenters. The number of hydrogen-bond donors (Lipinski definition) is 0. The molecule has 1 saturated carbocycles. The van der Waals surface area contributed by atoms with E-state index < -0.39 is 23.6 Å². The fraction of sp³-hybridized carbons (Fsp3) is 0.250. The second-order valence-corrected chi connectivity index (χ2v) is 6.92. The molecule has 0 spiro atoms. The second-order valence-electron chi connectivity index (χ2n) is 6.92. The summed E-state index contributed by atoms with van der Waals surface area (Å²) in [7, 11) is 0. The highest BCUT2D eigenvalue weighted by atomic mass is 19.1. The van der Waals surface area contributed by atoms with Crippen molar-refractivity contribution in [3.63, 3.8) is 0 Å². The third-order valence-corrected chi connectivity index (χ3v) is 5.77. The lowest BCUT2D eigenvalue weighted by molar-refractivity contribution is -0.134. The summed E-state index contributed by atoms with van der Waals surface area (Å²) in [5.74, 6) is -2.96. The number of amides is 2. The van der Waals surface area contributed by atoms with Crippen LogP contribution in [0.15, 0.2) is 48.5 Å². The lowest BCUT2D eigenvalue weighted by Crippen LogP contribution is -2.44. The molecule has 4 nitrogen and oxygen atoms in total. The number of hydrogen-bond acceptors (Lipinski definition) is 3. The maximum Gasteiger partial charge on any atom is 0.238 e. The van der Waals surface area contributed by atoms with Crippen LogP contribution >= 0.6 is 0 Å². The number of imide groups is 1. The van der Waals surface area contributed by atoms with Crippen LogP contribution in [0.25, 0.3) is 0 Å². The second kappa shape index (κ2) is 4.85. The SMILES string of the molecule is O=C1C[C@H]2c3ccccc3[C@H]1[C@@H]1C(=O)N(c3ccc(F)cc3)C(=O)[C@@H]12. The Morgan fingerprint density at radius 2 is 1.48 bits per heavy atom. The molecule has 1 aliphatic heterocycles. The Balaban J connectivity index is 1.65. The van der Waals surface area contributed by atoms with Crippen LogP contribution in [0.3, 0.4) is 0 Å². The predicted octanol–water partition coefficient (Wildman–Crippen LogP) is 2.79. The van der Waals surface area contributed by atoms with Crippen molar-refractivity contribution in [1.29, 1.82) is 0 Å². The van der Waals surface area contributed by atoms with Crippen molar-refractivity contribution >= 4 is 23.3 Å². The molecule has 6 rings (SSSR count). The van der Waals surface area contributed by atoms with Gasteiger partial charge in [0, 0.05) is 12.3 Å². The van der Waals surface area contributed by atoms with Crippen LogP contribution in [0.5, 0.6) is 0 Å². The highest BCUT2D eigenvalue weighted by molar-refractivity contribution is 6.24. The molecule has 0 radical (unpaired) electrons. The molecule has 0 unspecified atom stereocenters. The van der Waals surface area contributed by atoms with E-state index in [2.05, 4.69) is 0 Å². The van der Waals surface area contributed by atoms with Gasteiger partial charge in [-0.1, -0.05) is 24.3 Å². The Morgan fingerprint density at radius 1 is 0.840 bits per heavy atom. The van der Waals surface area contributed by atoms with E-state index in [-0.39, 0.29) is 23.5 Å². The summed E-state index contributed by atoms with van der Waals surface area (Å²) in [5.41, 5.74) is 2.25. The van der Waals surface area contributed by atoms with Gasteiger partial charge in [-0.3, -0.25) is 19.3 Å². The molecule has 2 bridgehead atoms. The zero-order chi connectivity index (χ0) is 17.3. The number of carbonyl (C=O) groups excluding carboxylic acids is 3. The Hall–Kier alpha value is -2.82. The van der Waals surface area contributed by atoms with Crippen LogP contribution in [0, 0.1) is 17.7 Å². The molecule has 3 aliphatic carbocycles. The Morgan fingerprint density at radius 3 is 2.20 bits per heavy atom. The summed E-state index contributed by atoms with van der Waals surface area (Å²) in [6, 6.07) is 12.9. The number of fused-ring (bicyclic) bond motifs is 1. The summed E-state index contributed by atoms with van der Waals surface area (Å²) in [6.45, 7) is 0. The number of nitrogens with zero attached hydrogens (tertiary/aromatic N) is 1. The molecule has 2 aromatic carbocycles. The number of rotatable bonds is 1. The lowest BCUT2D eigenvalue weighted by atomic mass is 9.56. The summed E-state index contributed by atoms with van der Waals surface area (Å²) in [5, 5.41) is 0. The van der Waals surface area contributed by atoms with Gasteiger partial charge in [-0.25, -0.2) is 4.39 Å². The van der Waals surface area contributed by atoms with Crippen LogP contribution in [0.2, 0.25) is 0 Å². The van der Waals surface area contributed by atoms with E-state index >= 15 is 0 Å². The molecule has 25 heavy (non-hydrogen) atoms. The first-order valence-electron chi connectivity index (χ1n) is 8.33. The fourth-order valence-corrected chi connectivity index (χ4v) is 4.80. The maximum atomic E-state index is 13.2. The number of benzene rings is 2. The molecule has 1 heterocycles. The van der Waals surface area contributed by atoms with E-state index in [4.69, 9.17) is 0 Å². The van der Waals surface area contributed by atoms with Gasteiger partial charge in [0.2, 0.25) is 11.8 Å². The van der Waals surface area contributed by atoms with Crippen molar-refractivity contribution in [3.8, 4) is 0 Å². The van der Waals surface area contributed by atoms with Gasteiger partial charge in [-0.15, -0.1) is 0 Å². The van der Waals surface area contributed by atoms with Gasteiger partial charge in [-0.05, 0) is 35.4 Å². The zero-order valence-corrected chi connectivity index (χ0v) is 13.2. The van der Waals surface area contributed by atoms with Gasteiger partial charge in [0.05, 0.1) is 23.4 Å². The van der Waals surface area contributed by atoms with Crippen LogP contribution < -0.4 is 4.90 Å². The largest absolute Gasteiger partial charge is 0.299 e. The van der Waals surface area contributed by atoms with E-state index in [1.165, 1.54) is 24.3 Å². The van der Waals surface area contributed by atoms with Gasteiger partial charge in [0.25, 0.3) is 0 Å². The van der Waals surface area contributed by atoms with Crippen LogP contribution in [-0.4, -0.2) is 17.6 Å². The standard InChI is InChI=1S/C20H14FNO3/c21-10-5-7-11(8-6-10)22-19(24)17-14-9-15(23)16(18(17)20(22)25)13-4-2-1-3-12(13)14/h1-8,14,16-18H,9H2/t14-,16+,17+,18-/m0/s1. The normalized spacial score (nSPS) is 29.8. The minimum absolute atomic E-state index is 0.0343.